The molecule has 0 aromatic heterocycles. The summed E-state index contributed by atoms with van der Waals surface area (Å²) < 4.78 is 5.18. The smallest absolute Gasteiger partial charge is 0.412 e. The molecule has 1 aromatic carbocycles. The lowest BCUT2D eigenvalue weighted by Gasteiger charge is -2.20. The molecule has 1 aromatic rings. The lowest BCUT2D eigenvalue weighted by atomic mass is 10.0. The molecule has 0 unspecified atom stereocenters. The number of hydrogen-bond acceptors (Lipinski definition) is 3. The summed E-state index contributed by atoms with van der Waals surface area (Å²) in [7, 11) is 0. The minimum absolute atomic E-state index is 0.122. The summed E-state index contributed by atoms with van der Waals surface area (Å²) in [5.41, 5.74) is 0.396. The number of aliphatic carboxylic acids is 1. The van der Waals surface area contributed by atoms with E-state index in [1.54, 1.807) is 39.0 Å². The van der Waals surface area contributed by atoms with E-state index in [2.05, 4.69) is 5.32 Å². The monoisotopic (exact) mass is 339 g/mol. The van der Waals surface area contributed by atoms with Crippen LogP contribution in [-0.2, 0) is 9.53 Å². The normalized spacial score (nSPS) is 22.3. The van der Waals surface area contributed by atoms with Crippen LogP contribution in [0.3, 0.4) is 0 Å². The van der Waals surface area contributed by atoms with Crippen molar-refractivity contribution in [1.29, 1.82) is 0 Å². The van der Waals surface area contributed by atoms with Crippen LogP contribution in [0.25, 0.3) is 0 Å². The summed E-state index contributed by atoms with van der Waals surface area (Å²) in [5.74, 6) is -1.38. The highest BCUT2D eigenvalue weighted by Crippen LogP contribution is 2.65. The molecular weight excluding hydrogens is 318 g/mol. The van der Waals surface area contributed by atoms with Gasteiger partial charge >= 0.3 is 12.1 Å². The standard InChI is InChI=1S/C17H22ClNO4/c1-16(2,3)23-15(22)19-9-6-7-10(11(18)8-9)12-13(14(20)21)17(12,4)5/h6-8,12-13H,1-5H3,(H,19,22)(H,20,21)/t12-,13+/m1/s1. The van der Waals surface area contributed by atoms with Crippen LogP contribution < -0.4 is 5.32 Å². The van der Waals surface area contributed by atoms with Gasteiger partial charge in [0.05, 0.1) is 5.92 Å². The van der Waals surface area contributed by atoms with Crippen LogP contribution in [0.5, 0.6) is 0 Å². The van der Waals surface area contributed by atoms with Crippen LogP contribution in [0.4, 0.5) is 10.5 Å². The molecule has 2 atom stereocenters. The van der Waals surface area contributed by atoms with Crippen LogP contribution in [0.15, 0.2) is 18.2 Å². The third-order valence-electron chi connectivity index (χ3n) is 4.07. The molecular formula is C17H22ClNO4. The van der Waals surface area contributed by atoms with E-state index in [1.165, 1.54) is 0 Å². The Balaban J connectivity index is 2.14. The van der Waals surface area contributed by atoms with Gasteiger partial charge in [-0.2, -0.15) is 0 Å². The van der Waals surface area contributed by atoms with E-state index in [0.717, 1.165) is 5.56 Å². The summed E-state index contributed by atoms with van der Waals surface area (Å²) in [6.45, 7) is 9.18. The van der Waals surface area contributed by atoms with Crippen molar-refractivity contribution in [3.05, 3.63) is 28.8 Å². The minimum atomic E-state index is -0.813. The van der Waals surface area contributed by atoms with Crippen LogP contribution in [0, 0.1) is 11.3 Å². The summed E-state index contributed by atoms with van der Waals surface area (Å²) >= 11 is 6.29. The van der Waals surface area contributed by atoms with E-state index in [1.807, 2.05) is 13.8 Å². The van der Waals surface area contributed by atoms with Crippen molar-refractivity contribution in [2.24, 2.45) is 11.3 Å². The van der Waals surface area contributed by atoms with Crippen LogP contribution >= 0.6 is 11.6 Å². The van der Waals surface area contributed by atoms with Crippen molar-refractivity contribution in [3.8, 4) is 0 Å². The summed E-state index contributed by atoms with van der Waals surface area (Å²) in [4.78, 5) is 23.1. The number of amides is 1. The SMILES string of the molecule is CC(C)(C)OC(=O)Nc1ccc([C@@H]2[C@@H](C(=O)O)C2(C)C)c(Cl)c1. The zero-order valence-electron chi connectivity index (χ0n) is 13.9. The predicted molar refractivity (Wildman–Crippen MR) is 89.0 cm³/mol. The van der Waals surface area contributed by atoms with Gasteiger partial charge in [-0.25, -0.2) is 4.79 Å². The maximum absolute atomic E-state index is 11.8. The molecule has 0 spiro atoms. The molecule has 1 amide bonds. The number of ether oxygens (including phenoxy) is 1. The van der Waals surface area contributed by atoms with Gasteiger partial charge in [0, 0.05) is 16.6 Å². The van der Waals surface area contributed by atoms with Gasteiger partial charge < -0.3 is 9.84 Å². The molecule has 5 nitrogen and oxygen atoms in total. The van der Waals surface area contributed by atoms with E-state index < -0.39 is 23.6 Å². The average Bonchev–Trinajstić information content (AvgIpc) is 2.89. The predicted octanol–water partition coefficient (Wildman–Crippen LogP) is 4.51. The maximum atomic E-state index is 11.8. The minimum Gasteiger partial charge on any atom is -0.481 e. The lowest BCUT2D eigenvalue weighted by molar-refractivity contribution is -0.139. The second kappa shape index (κ2) is 5.71. The Bertz CT molecular complexity index is 648. The van der Waals surface area contributed by atoms with E-state index in [9.17, 15) is 14.7 Å². The first-order valence-corrected chi connectivity index (χ1v) is 7.83. The van der Waals surface area contributed by atoms with Crippen LogP contribution in [-0.4, -0.2) is 22.8 Å². The van der Waals surface area contributed by atoms with Crippen molar-refractivity contribution in [1.82, 2.24) is 0 Å². The van der Waals surface area contributed by atoms with Gasteiger partial charge in [-0.1, -0.05) is 31.5 Å². The Morgan fingerprint density at radius 2 is 1.91 bits per heavy atom. The first-order valence-electron chi connectivity index (χ1n) is 7.46. The molecule has 6 heteroatoms. The zero-order chi connectivity index (χ0) is 17.6. The Kier molecular flexibility index (Phi) is 4.37. The fourth-order valence-corrected chi connectivity index (χ4v) is 3.26. The summed E-state index contributed by atoms with van der Waals surface area (Å²) in [5, 5.41) is 12.3. The number of nitrogens with one attached hydrogen (secondary N) is 1. The van der Waals surface area contributed by atoms with Gasteiger partial charge in [-0.05, 0) is 43.9 Å². The van der Waals surface area contributed by atoms with Crippen molar-refractivity contribution >= 4 is 29.4 Å². The largest absolute Gasteiger partial charge is 0.481 e. The van der Waals surface area contributed by atoms with Crippen LogP contribution in [0.1, 0.15) is 46.1 Å². The molecule has 23 heavy (non-hydrogen) atoms. The van der Waals surface area contributed by atoms with Gasteiger partial charge in [0.1, 0.15) is 5.60 Å². The maximum Gasteiger partial charge on any atom is 0.412 e. The first kappa shape index (κ1) is 17.6. The number of carbonyl (C=O) groups excluding carboxylic acids is 1. The van der Waals surface area contributed by atoms with Gasteiger partial charge in [0.2, 0.25) is 0 Å². The molecule has 126 valence electrons. The number of rotatable bonds is 3. The highest BCUT2D eigenvalue weighted by Gasteiger charge is 2.63. The number of carboxylic acids is 1. The molecule has 0 aliphatic heterocycles. The van der Waals surface area contributed by atoms with E-state index >= 15 is 0 Å². The highest BCUT2D eigenvalue weighted by atomic mass is 35.5. The molecule has 0 bridgehead atoms. The number of halogens is 1. The fourth-order valence-electron chi connectivity index (χ4n) is 2.96. The van der Waals surface area contributed by atoms with Crippen molar-refractivity contribution in [3.63, 3.8) is 0 Å². The lowest BCUT2D eigenvalue weighted by Crippen LogP contribution is -2.27. The Morgan fingerprint density at radius 1 is 1.30 bits per heavy atom. The molecule has 1 aliphatic rings. The van der Waals surface area contributed by atoms with Crippen molar-refractivity contribution < 1.29 is 19.4 Å². The molecule has 0 heterocycles. The fraction of sp³-hybridized carbons (Fsp3) is 0.529. The number of benzene rings is 1. The van der Waals surface area contributed by atoms with Crippen molar-refractivity contribution in [2.75, 3.05) is 5.32 Å². The molecule has 1 fully saturated rings. The van der Waals surface area contributed by atoms with Crippen molar-refractivity contribution in [2.45, 2.75) is 46.1 Å². The molecule has 0 saturated heterocycles. The Hall–Kier alpha value is -1.75. The van der Waals surface area contributed by atoms with E-state index in [4.69, 9.17) is 16.3 Å². The number of hydrogen-bond donors (Lipinski definition) is 2. The van der Waals surface area contributed by atoms with Gasteiger partial charge in [-0.15, -0.1) is 0 Å². The highest BCUT2D eigenvalue weighted by molar-refractivity contribution is 6.31. The second-order valence-corrected chi connectivity index (χ2v) is 7.89. The zero-order valence-corrected chi connectivity index (χ0v) is 14.7. The van der Waals surface area contributed by atoms with Crippen LogP contribution in [0.2, 0.25) is 5.02 Å². The molecule has 2 rings (SSSR count). The summed E-state index contributed by atoms with van der Waals surface area (Å²) in [6, 6.07) is 5.09. The molecule has 0 radical (unpaired) electrons. The molecule has 1 aliphatic carbocycles. The number of carboxylic acid groups (broad SMARTS) is 1. The summed E-state index contributed by atoms with van der Waals surface area (Å²) in [6.07, 6.45) is -0.559. The topological polar surface area (TPSA) is 75.6 Å². The molecule has 1 saturated carbocycles. The van der Waals surface area contributed by atoms with E-state index in [-0.39, 0.29) is 11.3 Å². The third kappa shape index (κ3) is 3.78. The van der Waals surface area contributed by atoms with E-state index in [0.29, 0.717) is 10.7 Å². The van der Waals surface area contributed by atoms with Gasteiger partial charge in [0.25, 0.3) is 0 Å². The third-order valence-corrected chi connectivity index (χ3v) is 4.40. The Labute approximate surface area is 141 Å². The number of carbonyl (C=O) groups is 2. The Morgan fingerprint density at radius 3 is 2.35 bits per heavy atom. The average molecular weight is 340 g/mol. The van der Waals surface area contributed by atoms with Gasteiger partial charge in [0.15, 0.2) is 0 Å². The second-order valence-electron chi connectivity index (χ2n) is 7.48. The molecule has 2 N–H and O–H groups in total. The quantitative estimate of drug-likeness (QED) is 0.849. The first-order chi connectivity index (χ1) is 10.4. The van der Waals surface area contributed by atoms with Gasteiger partial charge in [-0.3, -0.25) is 10.1 Å². The number of anilines is 1.